The molecule has 3 heterocycles. The van der Waals surface area contributed by atoms with Gasteiger partial charge in [-0.2, -0.15) is 5.10 Å². The summed E-state index contributed by atoms with van der Waals surface area (Å²) in [4.78, 5) is 42.4. The third kappa shape index (κ3) is 3.90. The highest BCUT2D eigenvalue weighted by Gasteiger charge is 2.36. The summed E-state index contributed by atoms with van der Waals surface area (Å²) in [6.45, 7) is 4.97. The summed E-state index contributed by atoms with van der Waals surface area (Å²) < 4.78 is 12.2. The molecule has 5 rings (SSSR count). The van der Waals surface area contributed by atoms with Crippen LogP contribution in [0.25, 0.3) is 5.69 Å². The van der Waals surface area contributed by atoms with Gasteiger partial charge in [0, 0.05) is 36.4 Å². The van der Waals surface area contributed by atoms with Gasteiger partial charge in [-0.1, -0.05) is 12.1 Å². The molecule has 0 unspecified atom stereocenters. The molecule has 1 aromatic heterocycles. The van der Waals surface area contributed by atoms with Crippen molar-refractivity contribution in [2.45, 2.75) is 33.1 Å². The third-order valence-corrected chi connectivity index (χ3v) is 6.66. The molecule has 1 saturated heterocycles. The molecular formula is C27H28N4O5. The molecule has 0 saturated carbocycles. The van der Waals surface area contributed by atoms with Crippen molar-refractivity contribution in [2.75, 3.05) is 36.6 Å². The standard InChI is InChI=1S/C27H28N4O5/c1-4-36-27(34)24-19-13-15-30(20-12-11-18(16-17(20)2)29-14-7-10-23(29)32)26(33)25(19)31(28-24)21-8-5-6-9-22(21)35-3/h5-6,8-9,11-12,16H,4,7,10,13-15H2,1-3H3. The summed E-state index contributed by atoms with van der Waals surface area (Å²) in [5.41, 5.74) is 4.06. The highest BCUT2D eigenvalue weighted by molar-refractivity contribution is 6.10. The lowest BCUT2D eigenvalue weighted by Gasteiger charge is -2.29. The average Bonchev–Trinajstić information content (AvgIpc) is 3.49. The summed E-state index contributed by atoms with van der Waals surface area (Å²) in [7, 11) is 1.55. The first-order chi connectivity index (χ1) is 17.4. The smallest absolute Gasteiger partial charge is 0.359 e. The Kier molecular flexibility index (Phi) is 6.22. The number of aryl methyl sites for hydroxylation is 1. The predicted octanol–water partition coefficient (Wildman–Crippen LogP) is 3.70. The predicted molar refractivity (Wildman–Crippen MR) is 134 cm³/mol. The Balaban J connectivity index is 1.58. The minimum atomic E-state index is -0.556. The van der Waals surface area contributed by atoms with Crippen LogP contribution < -0.4 is 14.5 Å². The molecule has 0 aliphatic carbocycles. The van der Waals surface area contributed by atoms with Crippen molar-refractivity contribution in [3.63, 3.8) is 0 Å². The van der Waals surface area contributed by atoms with Crippen LogP contribution in [0.1, 0.15) is 51.9 Å². The number of nitrogens with zero attached hydrogens (tertiary/aromatic N) is 4. The summed E-state index contributed by atoms with van der Waals surface area (Å²) in [6, 6.07) is 12.9. The maximum atomic E-state index is 14.0. The number of benzene rings is 2. The van der Waals surface area contributed by atoms with Gasteiger partial charge in [-0.3, -0.25) is 9.59 Å². The second kappa shape index (κ2) is 9.49. The first-order valence-electron chi connectivity index (χ1n) is 12.1. The van der Waals surface area contributed by atoms with Crippen molar-refractivity contribution in [2.24, 2.45) is 0 Å². The Morgan fingerprint density at radius 2 is 1.83 bits per heavy atom. The first-order valence-corrected chi connectivity index (χ1v) is 12.1. The number of carbonyl (C=O) groups excluding carboxylic acids is 3. The lowest BCUT2D eigenvalue weighted by Crippen LogP contribution is -2.39. The molecular weight excluding hydrogens is 460 g/mol. The minimum absolute atomic E-state index is 0.119. The van der Waals surface area contributed by atoms with Crippen LogP contribution in [0.3, 0.4) is 0 Å². The molecule has 0 spiro atoms. The number of methoxy groups -OCH3 is 1. The first kappa shape index (κ1) is 23.6. The molecule has 36 heavy (non-hydrogen) atoms. The molecule has 0 atom stereocenters. The van der Waals surface area contributed by atoms with Gasteiger partial charge in [0.15, 0.2) is 5.69 Å². The van der Waals surface area contributed by atoms with E-state index in [1.807, 2.05) is 37.3 Å². The van der Waals surface area contributed by atoms with Gasteiger partial charge < -0.3 is 19.3 Å². The van der Waals surface area contributed by atoms with Crippen LogP contribution in [0.2, 0.25) is 0 Å². The zero-order valence-electron chi connectivity index (χ0n) is 20.6. The molecule has 2 aliphatic rings. The monoisotopic (exact) mass is 488 g/mol. The molecule has 0 radical (unpaired) electrons. The van der Waals surface area contributed by atoms with E-state index in [4.69, 9.17) is 9.47 Å². The van der Waals surface area contributed by atoms with Crippen molar-refractivity contribution in [1.29, 1.82) is 0 Å². The molecule has 9 heteroatoms. The third-order valence-electron chi connectivity index (χ3n) is 6.66. The number of fused-ring (bicyclic) bond motifs is 1. The zero-order chi connectivity index (χ0) is 25.4. The number of rotatable bonds is 6. The highest BCUT2D eigenvalue weighted by atomic mass is 16.5. The Morgan fingerprint density at radius 1 is 1.03 bits per heavy atom. The molecule has 1 fully saturated rings. The number of amides is 2. The van der Waals surface area contributed by atoms with E-state index < -0.39 is 5.97 Å². The molecule has 2 aromatic carbocycles. The van der Waals surface area contributed by atoms with Gasteiger partial charge in [-0.05, 0) is 62.6 Å². The lowest BCUT2D eigenvalue weighted by molar-refractivity contribution is -0.117. The fourth-order valence-electron chi connectivity index (χ4n) is 4.96. The van der Waals surface area contributed by atoms with E-state index in [0.29, 0.717) is 48.6 Å². The molecule has 2 amide bonds. The zero-order valence-corrected chi connectivity index (χ0v) is 20.6. The number of esters is 1. The van der Waals surface area contributed by atoms with E-state index in [1.54, 1.807) is 36.0 Å². The fourth-order valence-corrected chi connectivity index (χ4v) is 4.96. The molecule has 2 aliphatic heterocycles. The number of ether oxygens (including phenoxy) is 2. The maximum absolute atomic E-state index is 14.0. The SMILES string of the molecule is CCOC(=O)c1nn(-c2ccccc2OC)c2c1CCN(c1ccc(N3CCCC3=O)cc1C)C2=O. The molecule has 0 bridgehead atoms. The number of aromatic nitrogens is 2. The van der Waals surface area contributed by atoms with E-state index in [-0.39, 0.29) is 24.1 Å². The Morgan fingerprint density at radius 3 is 2.53 bits per heavy atom. The van der Waals surface area contributed by atoms with Gasteiger partial charge in [-0.25, -0.2) is 9.48 Å². The Labute approximate surface area is 209 Å². The second-order valence-electron chi connectivity index (χ2n) is 8.81. The lowest BCUT2D eigenvalue weighted by atomic mass is 10.0. The van der Waals surface area contributed by atoms with Crippen LogP contribution in [0.15, 0.2) is 42.5 Å². The summed E-state index contributed by atoms with van der Waals surface area (Å²) in [6.07, 6.45) is 1.85. The Hall–Kier alpha value is -4.14. The van der Waals surface area contributed by atoms with Crippen LogP contribution in [0.4, 0.5) is 11.4 Å². The average molecular weight is 489 g/mol. The van der Waals surface area contributed by atoms with Crippen molar-refractivity contribution in [3.8, 4) is 11.4 Å². The molecule has 0 N–H and O–H groups in total. The van der Waals surface area contributed by atoms with Gasteiger partial charge >= 0.3 is 5.97 Å². The molecule has 9 nitrogen and oxygen atoms in total. The number of carbonyl (C=O) groups is 3. The normalized spacial score (nSPS) is 15.3. The molecule has 186 valence electrons. The second-order valence-corrected chi connectivity index (χ2v) is 8.81. The Bertz CT molecular complexity index is 1360. The fraction of sp³-hybridized carbons (Fsp3) is 0.333. The van der Waals surface area contributed by atoms with E-state index in [1.165, 1.54) is 4.68 Å². The van der Waals surface area contributed by atoms with Crippen molar-refractivity contribution >= 4 is 29.2 Å². The van der Waals surface area contributed by atoms with E-state index >= 15 is 0 Å². The summed E-state index contributed by atoms with van der Waals surface area (Å²) >= 11 is 0. The van der Waals surface area contributed by atoms with Gasteiger partial charge in [0.25, 0.3) is 5.91 Å². The van der Waals surface area contributed by atoms with Gasteiger partial charge in [0.2, 0.25) is 5.91 Å². The summed E-state index contributed by atoms with van der Waals surface area (Å²) in [5, 5.41) is 4.54. The van der Waals surface area contributed by atoms with Crippen LogP contribution in [-0.4, -0.2) is 54.4 Å². The van der Waals surface area contributed by atoms with Crippen LogP contribution in [-0.2, 0) is 16.0 Å². The largest absolute Gasteiger partial charge is 0.494 e. The van der Waals surface area contributed by atoms with Crippen molar-refractivity contribution < 1.29 is 23.9 Å². The number of hydrogen-bond donors (Lipinski definition) is 0. The van der Waals surface area contributed by atoms with E-state index in [2.05, 4.69) is 5.10 Å². The number of anilines is 2. The topological polar surface area (TPSA) is 94.0 Å². The van der Waals surface area contributed by atoms with Crippen molar-refractivity contribution in [1.82, 2.24) is 9.78 Å². The van der Waals surface area contributed by atoms with E-state index in [9.17, 15) is 14.4 Å². The van der Waals surface area contributed by atoms with E-state index in [0.717, 1.165) is 23.4 Å². The van der Waals surface area contributed by atoms with Gasteiger partial charge in [0.05, 0.1) is 13.7 Å². The van der Waals surface area contributed by atoms with Crippen LogP contribution in [0.5, 0.6) is 5.75 Å². The maximum Gasteiger partial charge on any atom is 0.359 e. The number of hydrogen-bond acceptors (Lipinski definition) is 6. The van der Waals surface area contributed by atoms with Crippen molar-refractivity contribution in [3.05, 3.63) is 65.0 Å². The summed E-state index contributed by atoms with van der Waals surface area (Å²) in [5.74, 6) is -0.176. The molecule has 3 aromatic rings. The highest BCUT2D eigenvalue weighted by Crippen LogP contribution is 2.34. The quantitative estimate of drug-likeness (QED) is 0.491. The minimum Gasteiger partial charge on any atom is -0.494 e. The van der Waals surface area contributed by atoms with Crippen LogP contribution in [0, 0.1) is 6.92 Å². The van der Waals surface area contributed by atoms with Crippen LogP contribution >= 0.6 is 0 Å². The number of para-hydroxylation sites is 2. The van der Waals surface area contributed by atoms with Gasteiger partial charge in [0.1, 0.15) is 17.1 Å². The van der Waals surface area contributed by atoms with Gasteiger partial charge in [-0.15, -0.1) is 0 Å².